The van der Waals surface area contributed by atoms with Gasteiger partial charge in [-0.25, -0.2) is 13.9 Å². The number of benzene rings is 2. The van der Waals surface area contributed by atoms with E-state index in [-0.39, 0.29) is 28.9 Å². The maximum atomic E-state index is 14.0. The molecule has 0 fully saturated rings. The van der Waals surface area contributed by atoms with Crippen LogP contribution in [0.15, 0.2) is 61.8 Å². The molecular formula is C38H49FN4O2. The highest BCUT2D eigenvalue weighted by atomic mass is 19.1. The second-order valence-electron chi connectivity index (χ2n) is 11.9. The first-order chi connectivity index (χ1) is 21.4. The highest BCUT2D eigenvalue weighted by Gasteiger charge is 2.30. The lowest BCUT2D eigenvalue weighted by Crippen LogP contribution is -2.29. The van der Waals surface area contributed by atoms with Gasteiger partial charge in [0.05, 0.1) is 17.9 Å². The SMILES string of the molecule is C=C(C)c1cc(C(=O)NC2CCc3c2ccc(C)c3C)n2ncc(F)c2n1.C=CC.CC.CCc1ccc2c(c1)CC(C)(C)O2. The predicted octanol–water partition coefficient (Wildman–Crippen LogP) is 9.12. The highest BCUT2D eigenvalue weighted by Crippen LogP contribution is 2.36. The van der Waals surface area contributed by atoms with Gasteiger partial charge in [0.1, 0.15) is 17.0 Å². The third-order valence-corrected chi connectivity index (χ3v) is 7.90. The minimum absolute atomic E-state index is 0.00526. The Morgan fingerprint density at radius 2 is 1.89 bits per heavy atom. The van der Waals surface area contributed by atoms with E-state index in [4.69, 9.17) is 4.74 Å². The molecule has 0 bridgehead atoms. The summed E-state index contributed by atoms with van der Waals surface area (Å²) in [4.78, 5) is 17.2. The smallest absolute Gasteiger partial charge is 0.270 e. The van der Waals surface area contributed by atoms with Crippen LogP contribution in [-0.4, -0.2) is 26.1 Å². The van der Waals surface area contributed by atoms with Crippen molar-refractivity contribution < 1.29 is 13.9 Å². The maximum absolute atomic E-state index is 14.0. The average molecular weight is 613 g/mol. The lowest BCUT2D eigenvalue weighted by molar-refractivity contribution is 0.0929. The molecule has 0 saturated heterocycles. The van der Waals surface area contributed by atoms with Gasteiger partial charge >= 0.3 is 0 Å². The molecule has 1 unspecified atom stereocenters. The lowest BCUT2D eigenvalue weighted by atomic mass is 9.99. The molecule has 1 aliphatic carbocycles. The van der Waals surface area contributed by atoms with E-state index in [1.54, 1.807) is 19.1 Å². The number of carbonyl (C=O) groups is 1. The summed E-state index contributed by atoms with van der Waals surface area (Å²) in [5, 5.41) is 7.06. The fourth-order valence-electron chi connectivity index (χ4n) is 5.58. The Kier molecular flexibility index (Phi) is 11.9. The molecule has 3 heterocycles. The first-order valence-electron chi connectivity index (χ1n) is 15.9. The highest BCUT2D eigenvalue weighted by molar-refractivity contribution is 5.94. The van der Waals surface area contributed by atoms with Gasteiger partial charge in [-0.3, -0.25) is 4.79 Å². The first kappa shape index (κ1) is 35.2. The number of aromatic nitrogens is 3. The molecule has 0 saturated carbocycles. The van der Waals surface area contributed by atoms with Crippen LogP contribution < -0.4 is 10.1 Å². The number of allylic oxidation sites excluding steroid dienone is 2. The van der Waals surface area contributed by atoms with Crippen LogP contribution in [0.1, 0.15) is 110 Å². The second kappa shape index (κ2) is 15.2. The van der Waals surface area contributed by atoms with E-state index >= 15 is 0 Å². The number of nitrogens with zero attached hydrogens (tertiary/aromatic N) is 3. The summed E-state index contributed by atoms with van der Waals surface area (Å²) in [6, 6.07) is 12.2. The van der Waals surface area contributed by atoms with Gasteiger partial charge in [-0.05, 0) is 112 Å². The Bertz CT molecular complexity index is 1690. The van der Waals surface area contributed by atoms with Gasteiger partial charge in [0, 0.05) is 6.42 Å². The molecule has 7 heteroatoms. The number of halogens is 1. The molecule has 1 aliphatic heterocycles. The summed E-state index contributed by atoms with van der Waals surface area (Å²) in [6.07, 6.45) is 6.75. The Balaban J connectivity index is 0.000000256. The van der Waals surface area contributed by atoms with Gasteiger partial charge in [0.15, 0.2) is 11.5 Å². The van der Waals surface area contributed by atoms with E-state index in [0.717, 1.165) is 43.2 Å². The molecule has 2 aromatic carbocycles. The number of aryl methyl sites for hydroxylation is 2. The van der Waals surface area contributed by atoms with Crippen LogP contribution >= 0.6 is 0 Å². The zero-order chi connectivity index (χ0) is 33.5. The molecule has 45 heavy (non-hydrogen) atoms. The number of hydrogen-bond acceptors (Lipinski definition) is 4. The van der Waals surface area contributed by atoms with Crippen molar-refractivity contribution >= 4 is 17.1 Å². The quantitative estimate of drug-likeness (QED) is 0.233. The van der Waals surface area contributed by atoms with Crippen molar-refractivity contribution in [3.63, 3.8) is 0 Å². The predicted molar refractivity (Wildman–Crippen MR) is 184 cm³/mol. The Morgan fingerprint density at radius 1 is 1.20 bits per heavy atom. The van der Waals surface area contributed by atoms with Crippen LogP contribution in [0.5, 0.6) is 5.75 Å². The normalized spacial score (nSPS) is 15.1. The molecule has 240 valence electrons. The minimum atomic E-state index is -0.565. The van der Waals surface area contributed by atoms with E-state index < -0.39 is 5.82 Å². The van der Waals surface area contributed by atoms with Gasteiger partial charge in [-0.1, -0.05) is 57.7 Å². The van der Waals surface area contributed by atoms with E-state index in [9.17, 15) is 9.18 Å². The van der Waals surface area contributed by atoms with Crippen LogP contribution in [0.4, 0.5) is 4.39 Å². The van der Waals surface area contributed by atoms with E-state index in [1.165, 1.54) is 32.3 Å². The van der Waals surface area contributed by atoms with Crippen molar-refractivity contribution in [2.75, 3.05) is 0 Å². The molecular weight excluding hydrogens is 563 g/mol. The van der Waals surface area contributed by atoms with Crippen LogP contribution in [0.25, 0.3) is 11.2 Å². The maximum Gasteiger partial charge on any atom is 0.270 e. The molecule has 6 rings (SSSR count). The average Bonchev–Trinajstić information content (AvgIpc) is 3.69. The number of amides is 1. The molecule has 0 radical (unpaired) electrons. The molecule has 2 aliphatic rings. The zero-order valence-electron chi connectivity index (χ0n) is 28.5. The number of hydrogen-bond donors (Lipinski definition) is 1. The zero-order valence-corrected chi connectivity index (χ0v) is 28.5. The van der Waals surface area contributed by atoms with Crippen molar-refractivity contribution in [1.29, 1.82) is 0 Å². The van der Waals surface area contributed by atoms with E-state index in [1.807, 2.05) is 20.8 Å². The van der Waals surface area contributed by atoms with Gasteiger partial charge < -0.3 is 10.1 Å². The number of fused-ring (bicyclic) bond motifs is 3. The third kappa shape index (κ3) is 8.07. The van der Waals surface area contributed by atoms with E-state index in [0.29, 0.717) is 11.3 Å². The fraction of sp³-hybridized carbons (Fsp3) is 0.395. The summed E-state index contributed by atoms with van der Waals surface area (Å²) >= 11 is 0. The van der Waals surface area contributed by atoms with Crippen LogP contribution in [0, 0.1) is 19.7 Å². The number of rotatable bonds is 4. The van der Waals surface area contributed by atoms with Crippen molar-refractivity contribution in [2.45, 2.75) is 99.6 Å². The summed E-state index contributed by atoms with van der Waals surface area (Å²) in [6.45, 7) is 25.5. The van der Waals surface area contributed by atoms with Gasteiger partial charge in [-0.2, -0.15) is 5.10 Å². The van der Waals surface area contributed by atoms with E-state index in [2.05, 4.69) is 93.5 Å². The topological polar surface area (TPSA) is 68.5 Å². The summed E-state index contributed by atoms with van der Waals surface area (Å²) in [5.41, 5.74) is 9.19. The molecule has 1 atom stereocenters. The Morgan fingerprint density at radius 3 is 2.53 bits per heavy atom. The first-order valence-corrected chi connectivity index (χ1v) is 15.9. The minimum Gasteiger partial charge on any atom is -0.487 e. The molecule has 6 nitrogen and oxygen atoms in total. The summed E-state index contributed by atoms with van der Waals surface area (Å²) in [5.74, 6) is 0.204. The van der Waals surface area contributed by atoms with Gasteiger partial charge in [-0.15, -0.1) is 6.58 Å². The number of ether oxygens (including phenoxy) is 1. The van der Waals surface area contributed by atoms with Gasteiger partial charge in [0.2, 0.25) is 0 Å². The Hall–Kier alpha value is -4.26. The molecule has 0 spiro atoms. The molecule has 1 N–H and O–H groups in total. The van der Waals surface area contributed by atoms with Gasteiger partial charge in [0.25, 0.3) is 5.91 Å². The summed E-state index contributed by atoms with van der Waals surface area (Å²) < 4.78 is 21.0. The van der Waals surface area contributed by atoms with Crippen molar-refractivity contribution in [3.8, 4) is 5.75 Å². The van der Waals surface area contributed by atoms with Crippen LogP contribution in [0.2, 0.25) is 0 Å². The number of nitrogens with one attached hydrogen (secondary N) is 1. The number of carbonyl (C=O) groups excluding carboxylic acids is 1. The molecule has 4 aromatic rings. The second-order valence-corrected chi connectivity index (χ2v) is 11.9. The van der Waals surface area contributed by atoms with Crippen molar-refractivity contribution in [3.05, 3.63) is 112 Å². The molecule has 1 amide bonds. The summed E-state index contributed by atoms with van der Waals surface area (Å²) in [7, 11) is 0. The third-order valence-electron chi connectivity index (χ3n) is 7.90. The van der Waals surface area contributed by atoms with Crippen molar-refractivity contribution in [1.82, 2.24) is 19.9 Å². The largest absolute Gasteiger partial charge is 0.487 e. The fourth-order valence-corrected chi connectivity index (χ4v) is 5.58. The molecule has 2 aromatic heterocycles. The standard InChI is InChI=1S/C21H21FN4O.C12H16O.C3H6.C2H6/c1-11(2)18-9-19(26-20(24-18)16(22)10-23-26)21(27)25-17-8-7-14-13(4)12(3)5-6-15(14)17;1-4-9-5-6-11-10(7-9)8-12(2,3)13-11;1-3-2;1-2/h5-6,9-10,17H,1,7-8H2,2-4H3,(H,25,27);5-7H,4,8H2,1-3H3;3H,1H2,2H3;1-2H3. The monoisotopic (exact) mass is 612 g/mol. The van der Waals surface area contributed by atoms with Crippen LogP contribution in [0.3, 0.4) is 0 Å². The lowest BCUT2D eigenvalue weighted by Gasteiger charge is -2.16. The Labute approximate surface area is 268 Å². The van der Waals surface area contributed by atoms with Crippen LogP contribution in [-0.2, 0) is 19.3 Å². The van der Waals surface area contributed by atoms with Crippen molar-refractivity contribution in [2.24, 2.45) is 0 Å².